The Morgan fingerprint density at radius 3 is 2.81 bits per heavy atom. The van der Waals surface area contributed by atoms with E-state index in [1.54, 1.807) is 36.8 Å². The van der Waals surface area contributed by atoms with Gasteiger partial charge in [0.15, 0.2) is 0 Å². The van der Waals surface area contributed by atoms with Crippen LogP contribution in [0.1, 0.15) is 12.0 Å². The molecule has 0 spiro atoms. The number of carbonyl (C=O) groups excluding carboxylic acids is 1. The zero-order valence-corrected chi connectivity index (χ0v) is 11.8. The van der Waals surface area contributed by atoms with E-state index in [4.69, 9.17) is 5.73 Å². The molecule has 112 valence electrons. The molecule has 0 saturated carbocycles. The van der Waals surface area contributed by atoms with Gasteiger partial charge in [0.1, 0.15) is 5.75 Å². The van der Waals surface area contributed by atoms with Crippen LogP contribution < -0.4 is 11.1 Å². The van der Waals surface area contributed by atoms with E-state index in [0.717, 1.165) is 18.5 Å². The molecule has 1 aromatic heterocycles. The predicted octanol–water partition coefficient (Wildman–Crippen LogP) is 0.665. The first-order valence-corrected chi connectivity index (χ1v) is 6.92. The second-order valence-electron chi connectivity index (χ2n) is 4.92. The number of carbonyl (C=O) groups is 1. The van der Waals surface area contributed by atoms with Crippen LogP contribution in [0.3, 0.4) is 0 Å². The molecule has 6 heteroatoms. The molecule has 0 aliphatic carbocycles. The number of nitrogens with one attached hydrogen (secondary N) is 1. The van der Waals surface area contributed by atoms with Gasteiger partial charge >= 0.3 is 0 Å². The third-order valence-electron chi connectivity index (χ3n) is 3.18. The Hall–Kier alpha value is -2.34. The lowest BCUT2D eigenvalue weighted by atomic mass is 10.1. The predicted molar refractivity (Wildman–Crippen MR) is 79.6 cm³/mol. The Morgan fingerprint density at radius 1 is 1.38 bits per heavy atom. The van der Waals surface area contributed by atoms with Crippen molar-refractivity contribution in [2.45, 2.75) is 25.4 Å². The smallest absolute Gasteiger partial charge is 0.237 e. The Balaban J connectivity index is 1.68. The van der Waals surface area contributed by atoms with Gasteiger partial charge in [0, 0.05) is 25.5 Å². The van der Waals surface area contributed by atoms with Crippen molar-refractivity contribution in [1.29, 1.82) is 0 Å². The number of hydrogen-bond acceptors (Lipinski definition) is 4. The Labute approximate surface area is 123 Å². The number of benzene rings is 1. The minimum atomic E-state index is -0.581. The Bertz CT molecular complexity index is 552. The van der Waals surface area contributed by atoms with E-state index in [-0.39, 0.29) is 11.7 Å². The van der Waals surface area contributed by atoms with Crippen molar-refractivity contribution in [2.75, 3.05) is 6.54 Å². The number of imidazole rings is 1. The molecule has 6 nitrogen and oxygen atoms in total. The van der Waals surface area contributed by atoms with Gasteiger partial charge in [0.05, 0.1) is 12.4 Å². The quantitative estimate of drug-likeness (QED) is 0.653. The molecule has 2 aromatic rings. The largest absolute Gasteiger partial charge is 0.508 e. The maximum Gasteiger partial charge on any atom is 0.237 e. The van der Waals surface area contributed by atoms with Gasteiger partial charge in [-0.05, 0) is 30.5 Å². The van der Waals surface area contributed by atoms with E-state index < -0.39 is 6.04 Å². The van der Waals surface area contributed by atoms with Gasteiger partial charge in [-0.3, -0.25) is 4.79 Å². The number of phenolic OH excluding ortho intramolecular Hbond substituents is 1. The maximum atomic E-state index is 11.9. The molecule has 4 N–H and O–H groups in total. The normalized spacial score (nSPS) is 12.0. The second kappa shape index (κ2) is 7.44. The standard InChI is InChI=1S/C15H20N4O2/c16-14(10-12-2-4-13(20)5-3-12)15(21)18-6-1-8-19-9-7-17-11-19/h2-5,7,9,11,14,20H,1,6,8,10,16H2,(H,18,21). The minimum absolute atomic E-state index is 0.159. The minimum Gasteiger partial charge on any atom is -0.508 e. The summed E-state index contributed by atoms with van der Waals surface area (Å²) in [6.07, 6.45) is 6.64. The number of aryl methyl sites for hydroxylation is 1. The van der Waals surface area contributed by atoms with Crippen LogP contribution in [0, 0.1) is 0 Å². The number of amides is 1. The Kier molecular flexibility index (Phi) is 5.34. The first-order valence-electron chi connectivity index (χ1n) is 6.92. The number of aromatic nitrogens is 2. The van der Waals surface area contributed by atoms with Crippen LogP contribution >= 0.6 is 0 Å². The van der Waals surface area contributed by atoms with Crippen molar-refractivity contribution in [3.05, 3.63) is 48.5 Å². The number of nitrogens with zero attached hydrogens (tertiary/aromatic N) is 2. The molecular weight excluding hydrogens is 268 g/mol. The van der Waals surface area contributed by atoms with Crippen molar-refractivity contribution >= 4 is 5.91 Å². The summed E-state index contributed by atoms with van der Waals surface area (Å²) in [7, 11) is 0. The van der Waals surface area contributed by atoms with Gasteiger partial charge in [-0.15, -0.1) is 0 Å². The van der Waals surface area contributed by atoms with Crippen LogP contribution in [-0.4, -0.2) is 33.2 Å². The molecule has 0 aliphatic heterocycles. The zero-order chi connectivity index (χ0) is 15.1. The van der Waals surface area contributed by atoms with Crippen molar-refractivity contribution in [1.82, 2.24) is 14.9 Å². The summed E-state index contributed by atoms with van der Waals surface area (Å²) < 4.78 is 1.96. The summed E-state index contributed by atoms with van der Waals surface area (Å²) in [5, 5.41) is 12.0. The van der Waals surface area contributed by atoms with E-state index in [0.29, 0.717) is 13.0 Å². The van der Waals surface area contributed by atoms with E-state index in [1.165, 1.54) is 0 Å². The number of phenols is 1. The maximum absolute atomic E-state index is 11.9. The highest BCUT2D eigenvalue weighted by Gasteiger charge is 2.13. The van der Waals surface area contributed by atoms with Crippen LogP contribution in [-0.2, 0) is 17.8 Å². The van der Waals surface area contributed by atoms with Gasteiger partial charge in [-0.1, -0.05) is 12.1 Å². The molecule has 21 heavy (non-hydrogen) atoms. The number of hydrogen-bond donors (Lipinski definition) is 3. The van der Waals surface area contributed by atoms with Crippen LogP contribution in [0.5, 0.6) is 5.75 Å². The first kappa shape index (κ1) is 15.1. The fourth-order valence-corrected chi connectivity index (χ4v) is 2.00. The van der Waals surface area contributed by atoms with E-state index >= 15 is 0 Å². The van der Waals surface area contributed by atoms with Crippen molar-refractivity contribution < 1.29 is 9.90 Å². The molecule has 0 fully saturated rings. The average Bonchev–Trinajstić information content (AvgIpc) is 2.99. The summed E-state index contributed by atoms with van der Waals surface area (Å²) in [6.45, 7) is 1.40. The van der Waals surface area contributed by atoms with Gasteiger partial charge in [0.25, 0.3) is 0 Å². The number of rotatable bonds is 7. The lowest BCUT2D eigenvalue weighted by Crippen LogP contribution is -2.42. The first-order chi connectivity index (χ1) is 10.1. The second-order valence-corrected chi connectivity index (χ2v) is 4.92. The third-order valence-corrected chi connectivity index (χ3v) is 3.18. The van der Waals surface area contributed by atoms with Gasteiger partial charge in [-0.2, -0.15) is 0 Å². The number of aromatic hydroxyl groups is 1. The molecule has 1 amide bonds. The average molecular weight is 288 g/mol. The van der Waals surface area contributed by atoms with E-state index in [2.05, 4.69) is 10.3 Å². The van der Waals surface area contributed by atoms with Crippen LogP contribution in [0.2, 0.25) is 0 Å². The summed E-state index contributed by atoms with van der Waals surface area (Å²) >= 11 is 0. The summed E-state index contributed by atoms with van der Waals surface area (Å²) in [6, 6.07) is 6.13. The van der Waals surface area contributed by atoms with Crippen LogP contribution in [0.4, 0.5) is 0 Å². The van der Waals surface area contributed by atoms with Gasteiger partial charge in [0.2, 0.25) is 5.91 Å². The lowest BCUT2D eigenvalue weighted by molar-refractivity contribution is -0.122. The molecule has 0 aliphatic rings. The van der Waals surface area contributed by atoms with Crippen molar-refractivity contribution in [3.63, 3.8) is 0 Å². The fourth-order valence-electron chi connectivity index (χ4n) is 2.00. The molecule has 2 rings (SSSR count). The summed E-state index contributed by atoms with van der Waals surface area (Å²) in [4.78, 5) is 15.8. The molecule has 1 unspecified atom stereocenters. The molecule has 1 atom stereocenters. The lowest BCUT2D eigenvalue weighted by Gasteiger charge is -2.12. The topological polar surface area (TPSA) is 93.2 Å². The molecule has 0 saturated heterocycles. The SMILES string of the molecule is NC(Cc1ccc(O)cc1)C(=O)NCCCn1ccnc1. The van der Waals surface area contributed by atoms with Gasteiger partial charge in [-0.25, -0.2) is 4.98 Å². The van der Waals surface area contributed by atoms with Gasteiger partial charge < -0.3 is 20.7 Å². The molecule has 0 bridgehead atoms. The van der Waals surface area contributed by atoms with Crippen LogP contribution in [0.15, 0.2) is 43.0 Å². The molecule has 0 radical (unpaired) electrons. The highest BCUT2D eigenvalue weighted by molar-refractivity contribution is 5.81. The molecule has 1 aromatic carbocycles. The van der Waals surface area contributed by atoms with E-state index in [1.807, 2.05) is 10.8 Å². The van der Waals surface area contributed by atoms with E-state index in [9.17, 15) is 9.90 Å². The summed E-state index contributed by atoms with van der Waals surface area (Å²) in [5.41, 5.74) is 6.80. The fraction of sp³-hybridized carbons (Fsp3) is 0.333. The zero-order valence-electron chi connectivity index (χ0n) is 11.8. The monoisotopic (exact) mass is 288 g/mol. The Morgan fingerprint density at radius 2 is 2.14 bits per heavy atom. The van der Waals surface area contributed by atoms with Crippen LogP contribution in [0.25, 0.3) is 0 Å². The summed E-state index contributed by atoms with van der Waals surface area (Å²) in [5.74, 6) is 0.0463. The third kappa shape index (κ3) is 4.92. The molecular formula is C15H20N4O2. The van der Waals surface area contributed by atoms with Crippen molar-refractivity contribution in [3.8, 4) is 5.75 Å². The number of nitrogens with two attached hydrogens (primary N) is 1. The van der Waals surface area contributed by atoms with Crippen molar-refractivity contribution in [2.24, 2.45) is 5.73 Å². The highest BCUT2D eigenvalue weighted by Crippen LogP contribution is 2.10. The highest BCUT2D eigenvalue weighted by atomic mass is 16.3. The molecule has 1 heterocycles.